The second-order valence-corrected chi connectivity index (χ2v) is 5.14. The van der Waals surface area contributed by atoms with E-state index in [1.807, 2.05) is 30.3 Å². The zero-order chi connectivity index (χ0) is 15.7. The van der Waals surface area contributed by atoms with Crippen LogP contribution in [0.1, 0.15) is 6.92 Å². The summed E-state index contributed by atoms with van der Waals surface area (Å²) in [4.78, 5) is 12.2. The molecule has 1 aromatic carbocycles. The van der Waals surface area contributed by atoms with E-state index in [-0.39, 0.29) is 22.2 Å². The number of ether oxygens (including phenoxy) is 1. The van der Waals surface area contributed by atoms with E-state index in [0.717, 1.165) is 5.56 Å². The molecule has 0 saturated heterocycles. The standard InChI is InChI=1S/C15H11Cl2N3O2/c1-2-22-15-18-11-10(14(21)20-15)9(12(16)19-13(11)17)8-6-4-3-5-7-8/h3-7H,2H2,1H3,(H,18,20,21). The monoisotopic (exact) mass is 335 g/mol. The number of pyridine rings is 1. The highest BCUT2D eigenvalue weighted by atomic mass is 35.5. The van der Waals surface area contributed by atoms with E-state index in [9.17, 15) is 5.11 Å². The van der Waals surface area contributed by atoms with Crippen molar-refractivity contribution in [1.82, 2.24) is 15.0 Å². The van der Waals surface area contributed by atoms with Gasteiger partial charge in [-0.25, -0.2) is 4.98 Å². The Morgan fingerprint density at radius 2 is 1.77 bits per heavy atom. The van der Waals surface area contributed by atoms with Crippen LogP contribution in [0.2, 0.25) is 10.3 Å². The van der Waals surface area contributed by atoms with Crippen molar-refractivity contribution in [1.29, 1.82) is 0 Å². The van der Waals surface area contributed by atoms with Gasteiger partial charge in [0.05, 0.1) is 12.0 Å². The molecule has 0 bridgehead atoms. The van der Waals surface area contributed by atoms with E-state index in [2.05, 4.69) is 15.0 Å². The number of benzene rings is 1. The maximum Gasteiger partial charge on any atom is 0.320 e. The molecular formula is C15H11Cl2N3O2. The van der Waals surface area contributed by atoms with Gasteiger partial charge in [-0.3, -0.25) is 0 Å². The van der Waals surface area contributed by atoms with Crippen LogP contribution in [0.4, 0.5) is 0 Å². The van der Waals surface area contributed by atoms with Crippen molar-refractivity contribution >= 4 is 34.1 Å². The second kappa shape index (κ2) is 5.94. The summed E-state index contributed by atoms with van der Waals surface area (Å²) in [7, 11) is 0. The SMILES string of the molecule is CCOc1nc(O)c2c(-c3ccccc3)c(Cl)nc(Cl)c2n1. The Hall–Kier alpha value is -2.11. The van der Waals surface area contributed by atoms with Crippen LogP contribution in [0, 0.1) is 0 Å². The lowest BCUT2D eigenvalue weighted by Gasteiger charge is -2.11. The fraction of sp³-hybridized carbons (Fsp3) is 0.133. The van der Waals surface area contributed by atoms with E-state index in [0.29, 0.717) is 23.1 Å². The predicted molar refractivity (Wildman–Crippen MR) is 85.6 cm³/mol. The van der Waals surface area contributed by atoms with Crippen LogP contribution in [-0.2, 0) is 0 Å². The van der Waals surface area contributed by atoms with Crippen LogP contribution < -0.4 is 4.74 Å². The number of fused-ring (bicyclic) bond motifs is 1. The number of hydrogen-bond donors (Lipinski definition) is 1. The van der Waals surface area contributed by atoms with Gasteiger partial charge in [0, 0.05) is 5.56 Å². The maximum absolute atomic E-state index is 10.3. The third-order valence-corrected chi connectivity index (χ3v) is 3.59. The molecule has 0 aliphatic rings. The first-order chi connectivity index (χ1) is 10.6. The van der Waals surface area contributed by atoms with E-state index < -0.39 is 0 Å². The number of nitrogens with zero attached hydrogens (tertiary/aromatic N) is 3. The highest BCUT2D eigenvalue weighted by Gasteiger charge is 2.20. The molecule has 1 N–H and O–H groups in total. The molecule has 0 spiro atoms. The van der Waals surface area contributed by atoms with Gasteiger partial charge >= 0.3 is 6.01 Å². The molecule has 0 aliphatic carbocycles. The van der Waals surface area contributed by atoms with Crippen molar-refractivity contribution in [3.8, 4) is 23.0 Å². The Morgan fingerprint density at radius 3 is 2.45 bits per heavy atom. The van der Waals surface area contributed by atoms with Gasteiger partial charge in [0.25, 0.3) is 0 Å². The minimum atomic E-state index is -0.251. The molecule has 0 unspecified atom stereocenters. The van der Waals surface area contributed by atoms with E-state index in [1.165, 1.54) is 0 Å². The molecule has 0 aliphatic heterocycles. The van der Waals surface area contributed by atoms with Crippen LogP contribution in [-0.4, -0.2) is 26.7 Å². The lowest BCUT2D eigenvalue weighted by molar-refractivity contribution is 0.307. The third kappa shape index (κ3) is 2.53. The van der Waals surface area contributed by atoms with Gasteiger partial charge in [0.15, 0.2) is 5.15 Å². The van der Waals surface area contributed by atoms with Gasteiger partial charge in [-0.1, -0.05) is 53.5 Å². The predicted octanol–water partition coefficient (Wildman–Crippen LogP) is 4.10. The van der Waals surface area contributed by atoms with Gasteiger partial charge in [0.1, 0.15) is 10.7 Å². The molecule has 112 valence electrons. The summed E-state index contributed by atoms with van der Waals surface area (Å²) >= 11 is 12.3. The first kappa shape index (κ1) is 14.8. The first-order valence-corrected chi connectivity index (χ1v) is 7.31. The molecule has 0 saturated carbocycles. The van der Waals surface area contributed by atoms with Gasteiger partial charge in [-0.05, 0) is 12.5 Å². The highest BCUT2D eigenvalue weighted by molar-refractivity contribution is 6.38. The van der Waals surface area contributed by atoms with Gasteiger partial charge in [-0.15, -0.1) is 0 Å². The van der Waals surface area contributed by atoms with Crippen molar-refractivity contribution in [3.63, 3.8) is 0 Å². The van der Waals surface area contributed by atoms with Crippen molar-refractivity contribution in [2.75, 3.05) is 6.61 Å². The Bertz CT molecular complexity index is 841. The van der Waals surface area contributed by atoms with Crippen molar-refractivity contribution < 1.29 is 9.84 Å². The summed E-state index contributed by atoms with van der Waals surface area (Å²) in [5, 5.41) is 10.9. The summed E-state index contributed by atoms with van der Waals surface area (Å²) in [6.07, 6.45) is 0. The van der Waals surface area contributed by atoms with Gasteiger partial charge < -0.3 is 9.84 Å². The minimum absolute atomic E-state index is 0.0394. The van der Waals surface area contributed by atoms with E-state index in [1.54, 1.807) is 6.92 Å². The summed E-state index contributed by atoms with van der Waals surface area (Å²) < 4.78 is 5.22. The summed E-state index contributed by atoms with van der Waals surface area (Å²) in [6.45, 7) is 2.16. The average Bonchev–Trinajstić information content (AvgIpc) is 2.50. The Kier molecular flexibility index (Phi) is 4.00. The van der Waals surface area contributed by atoms with Crippen molar-refractivity contribution in [3.05, 3.63) is 40.6 Å². The van der Waals surface area contributed by atoms with Crippen LogP contribution in [0.15, 0.2) is 30.3 Å². The molecule has 0 atom stereocenters. The Balaban J connectivity index is 2.38. The zero-order valence-electron chi connectivity index (χ0n) is 11.5. The fourth-order valence-electron chi connectivity index (χ4n) is 2.17. The number of aromatic nitrogens is 3. The van der Waals surface area contributed by atoms with Crippen LogP contribution >= 0.6 is 23.2 Å². The topological polar surface area (TPSA) is 68.1 Å². The van der Waals surface area contributed by atoms with E-state index >= 15 is 0 Å². The molecule has 3 rings (SSSR count). The molecule has 7 heteroatoms. The minimum Gasteiger partial charge on any atom is -0.493 e. The zero-order valence-corrected chi connectivity index (χ0v) is 13.1. The number of halogens is 2. The largest absolute Gasteiger partial charge is 0.493 e. The smallest absolute Gasteiger partial charge is 0.320 e. The quantitative estimate of drug-likeness (QED) is 0.729. The highest BCUT2D eigenvalue weighted by Crippen LogP contribution is 2.40. The number of hydrogen-bond acceptors (Lipinski definition) is 5. The molecule has 22 heavy (non-hydrogen) atoms. The normalized spacial score (nSPS) is 10.9. The van der Waals surface area contributed by atoms with E-state index in [4.69, 9.17) is 27.9 Å². The third-order valence-electron chi connectivity index (χ3n) is 3.05. The average molecular weight is 336 g/mol. The number of aromatic hydroxyl groups is 1. The summed E-state index contributed by atoms with van der Waals surface area (Å²) in [6, 6.07) is 9.35. The molecule has 0 radical (unpaired) electrons. The van der Waals surface area contributed by atoms with Crippen LogP contribution in [0.3, 0.4) is 0 Å². The first-order valence-electron chi connectivity index (χ1n) is 6.55. The van der Waals surface area contributed by atoms with Gasteiger partial charge in [0.2, 0.25) is 5.88 Å². The summed E-state index contributed by atoms with van der Waals surface area (Å²) in [5.74, 6) is -0.251. The number of rotatable bonds is 3. The molecule has 5 nitrogen and oxygen atoms in total. The summed E-state index contributed by atoms with van der Waals surface area (Å²) in [5.41, 5.74) is 1.60. The van der Waals surface area contributed by atoms with Gasteiger partial charge in [-0.2, -0.15) is 9.97 Å². The molecule has 2 heterocycles. The molecule has 2 aromatic heterocycles. The second-order valence-electron chi connectivity index (χ2n) is 4.42. The fourth-order valence-corrected chi connectivity index (χ4v) is 2.72. The molecular weight excluding hydrogens is 325 g/mol. The van der Waals surface area contributed by atoms with Crippen LogP contribution in [0.25, 0.3) is 22.0 Å². The molecule has 0 amide bonds. The lowest BCUT2D eigenvalue weighted by Crippen LogP contribution is -2.00. The van der Waals surface area contributed by atoms with Crippen molar-refractivity contribution in [2.45, 2.75) is 6.92 Å². The van der Waals surface area contributed by atoms with Crippen LogP contribution in [0.5, 0.6) is 11.9 Å². The Labute approximate surface area is 136 Å². The molecule has 3 aromatic rings. The maximum atomic E-state index is 10.3. The van der Waals surface area contributed by atoms with Crippen molar-refractivity contribution in [2.24, 2.45) is 0 Å². The lowest BCUT2D eigenvalue weighted by atomic mass is 10.0. The molecule has 0 fully saturated rings. The Morgan fingerprint density at radius 1 is 1.05 bits per heavy atom.